The molecule has 1 aromatic heterocycles. The third-order valence-electron chi connectivity index (χ3n) is 2.73. The Morgan fingerprint density at radius 3 is 2.47 bits per heavy atom. The quantitative estimate of drug-likeness (QED) is 0.931. The van der Waals surface area contributed by atoms with Crippen molar-refractivity contribution >= 4 is 28.1 Å². The second kappa shape index (κ2) is 5.27. The number of aryl methyl sites for hydroxylation is 1. The topological polar surface area (TPSA) is 62.7 Å². The molecule has 0 radical (unpaired) electrons. The van der Waals surface area contributed by atoms with Gasteiger partial charge in [0.15, 0.2) is 10.8 Å². The molecule has 1 heterocycles. The Morgan fingerprint density at radius 2 is 2.00 bits per heavy atom. The summed E-state index contributed by atoms with van der Waals surface area (Å²) in [6.45, 7) is 1.76. The van der Waals surface area contributed by atoms with Crippen LogP contribution in [0.25, 0.3) is 0 Å². The Labute approximate surface area is 115 Å². The molecule has 1 N–H and O–H groups in total. The number of methoxy groups -OCH3 is 1. The fourth-order valence-corrected chi connectivity index (χ4v) is 2.52. The van der Waals surface area contributed by atoms with Crippen LogP contribution in [0, 0.1) is 6.92 Å². The molecule has 19 heavy (non-hydrogen) atoms. The fraction of sp³-hybridized carbons (Fsp3) is 0.231. The Bertz CT molecular complexity index is 592. The van der Waals surface area contributed by atoms with Crippen LogP contribution in [0.15, 0.2) is 24.3 Å². The minimum atomic E-state index is -0.997. The summed E-state index contributed by atoms with van der Waals surface area (Å²) in [7, 11) is 3.47. The SMILES string of the molecule is COc1ccc(N(C)c2nc(C(=O)O)c(C)s2)cc1. The summed E-state index contributed by atoms with van der Waals surface area (Å²) in [5.74, 6) is -0.221. The van der Waals surface area contributed by atoms with E-state index >= 15 is 0 Å². The molecule has 0 atom stereocenters. The molecule has 0 saturated carbocycles. The molecule has 100 valence electrons. The van der Waals surface area contributed by atoms with E-state index in [1.165, 1.54) is 11.3 Å². The normalized spacial score (nSPS) is 10.3. The van der Waals surface area contributed by atoms with E-state index in [4.69, 9.17) is 9.84 Å². The molecule has 0 spiro atoms. The van der Waals surface area contributed by atoms with Gasteiger partial charge in [0.05, 0.1) is 7.11 Å². The number of thiazole rings is 1. The maximum Gasteiger partial charge on any atom is 0.355 e. The first-order valence-corrected chi connectivity index (χ1v) is 6.43. The number of hydrogen-bond acceptors (Lipinski definition) is 5. The number of nitrogens with zero attached hydrogens (tertiary/aromatic N) is 2. The van der Waals surface area contributed by atoms with E-state index in [1.54, 1.807) is 14.0 Å². The summed E-state index contributed by atoms with van der Waals surface area (Å²) in [4.78, 5) is 17.7. The Kier molecular flexibility index (Phi) is 3.71. The highest BCUT2D eigenvalue weighted by molar-refractivity contribution is 7.15. The molecule has 0 aliphatic rings. The van der Waals surface area contributed by atoms with Gasteiger partial charge in [0.25, 0.3) is 0 Å². The first kappa shape index (κ1) is 13.4. The number of carbonyl (C=O) groups is 1. The number of carboxylic acids is 1. The molecule has 1 aromatic carbocycles. The van der Waals surface area contributed by atoms with Crippen molar-refractivity contribution in [3.63, 3.8) is 0 Å². The number of aromatic nitrogens is 1. The molecule has 0 aliphatic heterocycles. The van der Waals surface area contributed by atoms with Crippen LogP contribution in [-0.4, -0.2) is 30.2 Å². The largest absolute Gasteiger partial charge is 0.497 e. The van der Waals surface area contributed by atoms with E-state index in [0.717, 1.165) is 11.4 Å². The summed E-state index contributed by atoms with van der Waals surface area (Å²) in [5, 5.41) is 9.66. The molecule has 0 aliphatic carbocycles. The summed E-state index contributed by atoms with van der Waals surface area (Å²) >= 11 is 1.36. The van der Waals surface area contributed by atoms with E-state index in [1.807, 2.05) is 36.2 Å². The van der Waals surface area contributed by atoms with E-state index in [9.17, 15) is 4.79 Å². The predicted molar refractivity (Wildman–Crippen MR) is 74.9 cm³/mol. The van der Waals surface area contributed by atoms with Crippen molar-refractivity contribution < 1.29 is 14.6 Å². The van der Waals surface area contributed by atoms with Crippen LogP contribution >= 0.6 is 11.3 Å². The van der Waals surface area contributed by atoms with Gasteiger partial charge in [0, 0.05) is 17.6 Å². The number of ether oxygens (including phenoxy) is 1. The smallest absolute Gasteiger partial charge is 0.355 e. The van der Waals surface area contributed by atoms with Crippen molar-refractivity contribution in [3.8, 4) is 5.75 Å². The van der Waals surface area contributed by atoms with E-state index in [0.29, 0.717) is 10.0 Å². The van der Waals surface area contributed by atoms with Crippen molar-refractivity contribution in [1.82, 2.24) is 4.98 Å². The monoisotopic (exact) mass is 278 g/mol. The van der Waals surface area contributed by atoms with Gasteiger partial charge in [-0.3, -0.25) is 0 Å². The van der Waals surface area contributed by atoms with Crippen LogP contribution in [0.4, 0.5) is 10.8 Å². The van der Waals surface area contributed by atoms with Crippen LogP contribution in [0.3, 0.4) is 0 Å². The lowest BCUT2D eigenvalue weighted by molar-refractivity contribution is 0.0690. The molecule has 0 fully saturated rings. The highest BCUT2D eigenvalue weighted by atomic mass is 32.1. The van der Waals surface area contributed by atoms with Crippen molar-refractivity contribution in [1.29, 1.82) is 0 Å². The molecule has 6 heteroatoms. The number of aromatic carboxylic acids is 1. The number of hydrogen-bond donors (Lipinski definition) is 1. The first-order valence-electron chi connectivity index (χ1n) is 5.61. The minimum Gasteiger partial charge on any atom is -0.497 e. The van der Waals surface area contributed by atoms with Crippen LogP contribution < -0.4 is 9.64 Å². The van der Waals surface area contributed by atoms with Crippen molar-refractivity contribution in [2.24, 2.45) is 0 Å². The zero-order valence-electron chi connectivity index (χ0n) is 10.9. The molecule has 5 nitrogen and oxygen atoms in total. The Balaban J connectivity index is 2.30. The molecular weight excluding hydrogens is 264 g/mol. The summed E-state index contributed by atoms with van der Waals surface area (Å²) < 4.78 is 5.10. The van der Waals surface area contributed by atoms with Gasteiger partial charge in [-0.15, -0.1) is 11.3 Å². The molecule has 0 saturated heterocycles. The van der Waals surface area contributed by atoms with Crippen molar-refractivity contribution in [2.45, 2.75) is 6.92 Å². The van der Waals surface area contributed by atoms with Gasteiger partial charge in [-0.05, 0) is 31.2 Å². The lowest BCUT2D eigenvalue weighted by atomic mass is 10.3. The summed E-state index contributed by atoms with van der Waals surface area (Å²) in [6, 6.07) is 7.50. The lowest BCUT2D eigenvalue weighted by Crippen LogP contribution is -2.09. The number of benzene rings is 1. The zero-order chi connectivity index (χ0) is 14.0. The Morgan fingerprint density at radius 1 is 1.37 bits per heavy atom. The van der Waals surface area contributed by atoms with Gasteiger partial charge in [0.2, 0.25) is 0 Å². The average Bonchev–Trinajstić information content (AvgIpc) is 2.80. The number of anilines is 2. The molecule has 0 unspecified atom stereocenters. The fourth-order valence-electron chi connectivity index (χ4n) is 1.64. The number of carboxylic acid groups (broad SMARTS) is 1. The zero-order valence-corrected chi connectivity index (χ0v) is 11.7. The Hall–Kier alpha value is -2.08. The van der Waals surface area contributed by atoms with Gasteiger partial charge in [-0.25, -0.2) is 9.78 Å². The van der Waals surface area contributed by atoms with E-state index in [2.05, 4.69) is 4.98 Å². The predicted octanol–water partition coefficient (Wildman–Crippen LogP) is 2.93. The molecule has 2 aromatic rings. The third kappa shape index (κ3) is 2.68. The minimum absolute atomic E-state index is 0.111. The molecule has 0 bridgehead atoms. The summed E-state index contributed by atoms with van der Waals surface area (Å²) in [6.07, 6.45) is 0. The second-order valence-electron chi connectivity index (χ2n) is 3.96. The van der Waals surface area contributed by atoms with Gasteiger partial charge >= 0.3 is 5.97 Å². The van der Waals surface area contributed by atoms with Crippen molar-refractivity contribution in [3.05, 3.63) is 34.8 Å². The van der Waals surface area contributed by atoms with Gasteiger partial charge in [-0.1, -0.05) is 0 Å². The van der Waals surface area contributed by atoms with Gasteiger partial charge < -0.3 is 14.7 Å². The number of rotatable bonds is 4. The summed E-state index contributed by atoms with van der Waals surface area (Å²) in [5.41, 5.74) is 1.03. The van der Waals surface area contributed by atoms with Crippen LogP contribution in [-0.2, 0) is 0 Å². The van der Waals surface area contributed by atoms with E-state index in [-0.39, 0.29) is 5.69 Å². The highest BCUT2D eigenvalue weighted by Gasteiger charge is 2.17. The first-order chi connectivity index (χ1) is 9.02. The third-order valence-corrected chi connectivity index (χ3v) is 3.78. The molecular formula is C13H14N2O3S. The average molecular weight is 278 g/mol. The van der Waals surface area contributed by atoms with Crippen molar-refractivity contribution in [2.75, 3.05) is 19.1 Å². The maximum absolute atomic E-state index is 11.0. The van der Waals surface area contributed by atoms with Gasteiger partial charge in [-0.2, -0.15) is 0 Å². The highest BCUT2D eigenvalue weighted by Crippen LogP contribution is 2.30. The maximum atomic E-state index is 11.0. The van der Waals surface area contributed by atoms with E-state index < -0.39 is 5.97 Å². The molecule has 2 rings (SSSR count). The van der Waals surface area contributed by atoms with Crippen LogP contribution in [0.2, 0.25) is 0 Å². The van der Waals surface area contributed by atoms with Crippen LogP contribution in [0.1, 0.15) is 15.4 Å². The van der Waals surface area contributed by atoms with Crippen LogP contribution in [0.5, 0.6) is 5.75 Å². The lowest BCUT2D eigenvalue weighted by Gasteiger charge is -2.15. The van der Waals surface area contributed by atoms with Gasteiger partial charge in [0.1, 0.15) is 5.75 Å². The standard InChI is InChI=1S/C13H14N2O3S/c1-8-11(12(16)17)14-13(19-8)15(2)9-4-6-10(18-3)7-5-9/h4-7H,1-3H3,(H,16,17). The molecule has 0 amide bonds. The second-order valence-corrected chi connectivity index (χ2v) is 5.15.